The first-order chi connectivity index (χ1) is 18.5. The van der Waals surface area contributed by atoms with E-state index in [-0.39, 0.29) is 18.2 Å². The van der Waals surface area contributed by atoms with Crippen molar-refractivity contribution in [2.45, 2.75) is 26.9 Å². The molecule has 10 heteroatoms. The van der Waals surface area contributed by atoms with Gasteiger partial charge in [0.05, 0.1) is 19.2 Å². The minimum absolute atomic E-state index is 0.0221. The maximum atomic E-state index is 12.4. The highest BCUT2D eigenvalue weighted by molar-refractivity contribution is 7.15. The van der Waals surface area contributed by atoms with E-state index < -0.39 is 0 Å². The highest BCUT2D eigenvalue weighted by atomic mass is 32.1. The molecule has 0 saturated heterocycles. The van der Waals surface area contributed by atoms with E-state index in [9.17, 15) is 9.59 Å². The molecule has 2 N–H and O–H groups in total. The number of aryl methyl sites for hydroxylation is 1. The fourth-order valence-corrected chi connectivity index (χ4v) is 4.18. The number of benzene rings is 3. The molecule has 0 bridgehead atoms. The Bertz CT molecular complexity index is 1420. The summed E-state index contributed by atoms with van der Waals surface area (Å²) in [5, 5.41) is 15.5. The second kappa shape index (κ2) is 13.1. The SMILES string of the molecule is CCOc1cc(C=NNC(=O)Cc2nnc(NC(=O)c3ccccc3C)s2)ccc1OCc1ccccc1. The van der Waals surface area contributed by atoms with Crippen LogP contribution in [0.2, 0.25) is 0 Å². The second-order valence-corrected chi connectivity index (χ2v) is 9.22. The summed E-state index contributed by atoms with van der Waals surface area (Å²) in [7, 11) is 0. The van der Waals surface area contributed by atoms with Crippen molar-refractivity contribution in [2.24, 2.45) is 5.10 Å². The second-order valence-electron chi connectivity index (χ2n) is 8.15. The summed E-state index contributed by atoms with van der Waals surface area (Å²) in [4.78, 5) is 24.8. The lowest BCUT2D eigenvalue weighted by Crippen LogP contribution is -2.19. The van der Waals surface area contributed by atoms with Crippen molar-refractivity contribution in [2.75, 3.05) is 11.9 Å². The molecular weight excluding hydrogens is 502 g/mol. The standard InChI is InChI=1S/C28H27N5O4S/c1-3-36-24-15-21(13-14-23(24)37-18-20-10-5-4-6-11-20)17-29-31-25(34)16-26-32-33-28(38-26)30-27(35)22-12-8-7-9-19(22)2/h4-15,17H,3,16,18H2,1-2H3,(H,31,34)(H,30,33,35). The van der Waals surface area contributed by atoms with Crippen LogP contribution in [-0.2, 0) is 17.8 Å². The molecule has 0 aliphatic carbocycles. The highest BCUT2D eigenvalue weighted by Crippen LogP contribution is 2.29. The molecule has 0 aliphatic heterocycles. The number of aromatic nitrogens is 2. The fraction of sp³-hybridized carbons (Fsp3) is 0.179. The Morgan fingerprint density at radius 3 is 2.55 bits per heavy atom. The Kier molecular flexibility index (Phi) is 9.14. The summed E-state index contributed by atoms with van der Waals surface area (Å²) < 4.78 is 11.6. The molecular formula is C28H27N5O4S. The number of ether oxygens (including phenoxy) is 2. The molecule has 4 rings (SSSR count). The van der Waals surface area contributed by atoms with E-state index in [0.717, 1.165) is 28.0 Å². The van der Waals surface area contributed by atoms with Crippen molar-refractivity contribution in [1.82, 2.24) is 15.6 Å². The third-order valence-corrected chi connectivity index (χ3v) is 6.14. The molecule has 0 unspecified atom stereocenters. The first kappa shape index (κ1) is 26.5. The van der Waals surface area contributed by atoms with Gasteiger partial charge in [-0.2, -0.15) is 5.10 Å². The maximum absolute atomic E-state index is 12.4. The number of anilines is 1. The molecule has 0 saturated carbocycles. The lowest BCUT2D eigenvalue weighted by atomic mass is 10.1. The summed E-state index contributed by atoms with van der Waals surface area (Å²) in [6, 6.07) is 22.6. The third-order valence-electron chi connectivity index (χ3n) is 5.30. The number of nitrogens with zero attached hydrogens (tertiary/aromatic N) is 3. The molecule has 38 heavy (non-hydrogen) atoms. The van der Waals surface area contributed by atoms with E-state index in [4.69, 9.17) is 9.47 Å². The number of hydrazone groups is 1. The Morgan fingerprint density at radius 2 is 1.76 bits per heavy atom. The van der Waals surface area contributed by atoms with Crippen molar-refractivity contribution in [3.05, 3.63) is 100 Å². The summed E-state index contributed by atoms with van der Waals surface area (Å²) in [6.45, 7) is 4.66. The molecule has 0 spiro atoms. The largest absolute Gasteiger partial charge is 0.490 e. The summed E-state index contributed by atoms with van der Waals surface area (Å²) in [6.07, 6.45) is 1.50. The molecule has 0 aliphatic rings. The van der Waals surface area contributed by atoms with E-state index in [2.05, 4.69) is 26.0 Å². The number of amides is 2. The number of nitrogens with one attached hydrogen (secondary N) is 2. The average Bonchev–Trinajstić information content (AvgIpc) is 3.35. The van der Waals surface area contributed by atoms with Gasteiger partial charge in [0.15, 0.2) is 11.5 Å². The maximum Gasteiger partial charge on any atom is 0.257 e. The zero-order valence-corrected chi connectivity index (χ0v) is 21.8. The number of hydrogen-bond donors (Lipinski definition) is 2. The van der Waals surface area contributed by atoms with Gasteiger partial charge in [-0.15, -0.1) is 10.2 Å². The Morgan fingerprint density at radius 1 is 0.974 bits per heavy atom. The van der Waals surface area contributed by atoms with Crippen LogP contribution in [0.1, 0.15) is 39.0 Å². The quantitative estimate of drug-likeness (QED) is 0.214. The monoisotopic (exact) mass is 529 g/mol. The van der Waals surface area contributed by atoms with Crippen LogP contribution in [0.3, 0.4) is 0 Å². The molecule has 3 aromatic carbocycles. The molecule has 2 amide bonds. The van der Waals surface area contributed by atoms with Gasteiger partial charge >= 0.3 is 0 Å². The van der Waals surface area contributed by atoms with Crippen LogP contribution < -0.4 is 20.2 Å². The predicted octanol–water partition coefficient (Wildman–Crippen LogP) is 4.77. The van der Waals surface area contributed by atoms with Gasteiger partial charge in [0.25, 0.3) is 5.91 Å². The molecule has 9 nitrogen and oxygen atoms in total. The van der Waals surface area contributed by atoms with Crippen LogP contribution in [0.25, 0.3) is 0 Å². The smallest absolute Gasteiger partial charge is 0.257 e. The van der Waals surface area contributed by atoms with Crippen LogP contribution in [0.5, 0.6) is 11.5 Å². The minimum Gasteiger partial charge on any atom is -0.490 e. The number of carbonyl (C=O) groups is 2. The zero-order valence-electron chi connectivity index (χ0n) is 21.0. The van der Waals surface area contributed by atoms with Crippen LogP contribution in [0.4, 0.5) is 5.13 Å². The van der Waals surface area contributed by atoms with Gasteiger partial charge in [0.1, 0.15) is 11.6 Å². The Hall–Kier alpha value is -4.57. The topological polar surface area (TPSA) is 115 Å². The van der Waals surface area contributed by atoms with E-state index in [1.165, 1.54) is 6.21 Å². The number of carbonyl (C=O) groups excluding carboxylic acids is 2. The van der Waals surface area contributed by atoms with Crippen molar-refractivity contribution in [3.63, 3.8) is 0 Å². The highest BCUT2D eigenvalue weighted by Gasteiger charge is 2.14. The number of hydrogen-bond acceptors (Lipinski definition) is 8. The minimum atomic E-state index is -0.359. The van der Waals surface area contributed by atoms with E-state index in [1.54, 1.807) is 18.2 Å². The normalized spacial score (nSPS) is 10.8. The summed E-state index contributed by atoms with van der Waals surface area (Å²) in [5.41, 5.74) is 5.69. The zero-order chi connectivity index (χ0) is 26.7. The van der Waals surface area contributed by atoms with Gasteiger partial charge in [-0.1, -0.05) is 59.9 Å². The summed E-state index contributed by atoms with van der Waals surface area (Å²) >= 11 is 1.13. The van der Waals surface area contributed by atoms with Crippen molar-refractivity contribution < 1.29 is 19.1 Å². The number of rotatable bonds is 11. The van der Waals surface area contributed by atoms with Gasteiger partial charge in [0, 0.05) is 5.56 Å². The molecule has 1 aromatic heterocycles. The third kappa shape index (κ3) is 7.47. The van der Waals surface area contributed by atoms with Crippen molar-refractivity contribution in [3.8, 4) is 11.5 Å². The summed E-state index contributed by atoms with van der Waals surface area (Å²) in [5.74, 6) is 0.580. The van der Waals surface area contributed by atoms with Gasteiger partial charge in [-0.25, -0.2) is 5.43 Å². The predicted molar refractivity (Wildman–Crippen MR) is 147 cm³/mol. The molecule has 0 radical (unpaired) electrons. The lowest BCUT2D eigenvalue weighted by Gasteiger charge is -2.12. The van der Waals surface area contributed by atoms with Gasteiger partial charge in [-0.3, -0.25) is 14.9 Å². The van der Waals surface area contributed by atoms with Crippen molar-refractivity contribution >= 4 is 34.5 Å². The van der Waals surface area contributed by atoms with E-state index in [1.807, 2.05) is 68.4 Å². The van der Waals surface area contributed by atoms with Crippen LogP contribution in [0.15, 0.2) is 77.9 Å². The molecule has 4 aromatic rings. The Balaban J connectivity index is 1.29. The van der Waals surface area contributed by atoms with Gasteiger partial charge < -0.3 is 9.47 Å². The van der Waals surface area contributed by atoms with Crippen LogP contribution >= 0.6 is 11.3 Å². The molecule has 0 fully saturated rings. The van der Waals surface area contributed by atoms with Crippen LogP contribution in [-0.4, -0.2) is 34.8 Å². The first-order valence-electron chi connectivity index (χ1n) is 12.0. The first-order valence-corrected chi connectivity index (χ1v) is 12.8. The lowest BCUT2D eigenvalue weighted by molar-refractivity contribution is -0.120. The molecule has 1 heterocycles. The average molecular weight is 530 g/mol. The fourth-order valence-electron chi connectivity index (χ4n) is 3.45. The van der Waals surface area contributed by atoms with E-state index in [0.29, 0.717) is 40.4 Å². The van der Waals surface area contributed by atoms with Crippen LogP contribution in [0, 0.1) is 6.92 Å². The van der Waals surface area contributed by atoms with Gasteiger partial charge in [0.2, 0.25) is 11.0 Å². The molecule has 0 atom stereocenters. The van der Waals surface area contributed by atoms with E-state index >= 15 is 0 Å². The molecule has 194 valence electrons. The van der Waals surface area contributed by atoms with Gasteiger partial charge in [-0.05, 0) is 54.8 Å². The van der Waals surface area contributed by atoms with Crippen molar-refractivity contribution in [1.29, 1.82) is 0 Å². The Labute approximate surface area is 224 Å².